The molecule has 0 bridgehead atoms. The fourth-order valence-corrected chi connectivity index (χ4v) is 5.41. The highest BCUT2D eigenvalue weighted by molar-refractivity contribution is 6.23. The first kappa shape index (κ1) is 18.3. The van der Waals surface area contributed by atoms with Gasteiger partial charge < -0.3 is 9.13 Å². The van der Waals surface area contributed by atoms with Gasteiger partial charge in [0.2, 0.25) is 0 Å². The minimum atomic E-state index is 1.19. The van der Waals surface area contributed by atoms with Gasteiger partial charge in [-0.05, 0) is 35.4 Å². The summed E-state index contributed by atoms with van der Waals surface area (Å²) >= 11 is 0. The average molecular weight is 423 g/mol. The molecule has 0 aliphatic heterocycles. The summed E-state index contributed by atoms with van der Waals surface area (Å²) in [5, 5.41) is 5.16. The summed E-state index contributed by atoms with van der Waals surface area (Å²) < 4.78 is 4.79. The molecule has 2 heterocycles. The third kappa shape index (κ3) is 2.55. The predicted molar refractivity (Wildman–Crippen MR) is 140 cm³/mol. The van der Waals surface area contributed by atoms with Gasteiger partial charge in [-0.15, -0.1) is 0 Å². The number of benzene rings is 5. The van der Waals surface area contributed by atoms with E-state index in [-0.39, 0.29) is 0 Å². The average Bonchev–Trinajstić information content (AvgIpc) is 3.37. The van der Waals surface area contributed by atoms with Crippen LogP contribution >= 0.6 is 0 Å². The molecule has 0 saturated heterocycles. The van der Waals surface area contributed by atoms with Gasteiger partial charge in [0.15, 0.2) is 0 Å². The summed E-state index contributed by atoms with van der Waals surface area (Å²) in [4.78, 5) is 0. The molecule has 0 N–H and O–H groups in total. The topological polar surface area (TPSA) is 9.86 Å². The monoisotopic (exact) mass is 422 g/mol. The van der Waals surface area contributed by atoms with E-state index in [1.165, 1.54) is 60.4 Å². The minimum Gasteiger partial charge on any atom is -0.342 e. The first-order valence-corrected chi connectivity index (χ1v) is 11.4. The van der Waals surface area contributed by atoms with E-state index in [9.17, 15) is 0 Å². The van der Waals surface area contributed by atoms with Crippen molar-refractivity contribution in [2.75, 3.05) is 0 Å². The van der Waals surface area contributed by atoms with Crippen LogP contribution in [-0.2, 0) is 7.05 Å². The molecule has 0 atom stereocenters. The Morgan fingerprint density at radius 3 is 1.85 bits per heavy atom. The second-order valence-electron chi connectivity index (χ2n) is 8.70. The Labute approximate surface area is 191 Å². The van der Waals surface area contributed by atoms with E-state index in [1.807, 2.05) is 0 Å². The second-order valence-corrected chi connectivity index (χ2v) is 8.70. The van der Waals surface area contributed by atoms with E-state index >= 15 is 0 Å². The standard InChI is InChI=1S/C31H22N2/c1-32-29-20-22(21-10-4-2-5-11-21)16-17-25(29)26-18-19-27-24-14-8-9-15-28(24)33(31(27)30(26)32)23-12-6-3-7-13-23/h2-20H,1H3. The first-order valence-electron chi connectivity index (χ1n) is 11.4. The molecular weight excluding hydrogens is 400 g/mol. The zero-order chi connectivity index (χ0) is 21.9. The quantitative estimate of drug-likeness (QED) is 0.266. The van der Waals surface area contributed by atoms with Gasteiger partial charge in [0, 0.05) is 39.8 Å². The van der Waals surface area contributed by atoms with Crippen LogP contribution in [0.5, 0.6) is 0 Å². The van der Waals surface area contributed by atoms with Gasteiger partial charge in [-0.3, -0.25) is 0 Å². The third-order valence-electron chi connectivity index (χ3n) is 6.92. The maximum absolute atomic E-state index is 2.42. The Kier molecular flexibility index (Phi) is 3.80. The molecule has 7 aromatic rings. The van der Waals surface area contributed by atoms with Gasteiger partial charge in [0.1, 0.15) is 0 Å². The molecule has 0 aliphatic carbocycles. The van der Waals surface area contributed by atoms with Gasteiger partial charge >= 0.3 is 0 Å². The summed E-state index contributed by atoms with van der Waals surface area (Å²) in [7, 11) is 2.20. The highest BCUT2D eigenvalue weighted by Crippen LogP contribution is 2.40. The summed E-state index contributed by atoms with van der Waals surface area (Å²) in [6.07, 6.45) is 0. The Bertz CT molecular complexity index is 1800. The molecule has 2 aromatic heterocycles. The Morgan fingerprint density at radius 1 is 0.455 bits per heavy atom. The summed E-state index contributed by atoms with van der Waals surface area (Å²) in [6.45, 7) is 0. The van der Waals surface area contributed by atoms with Crippen molar-refractivity contribution < 1.29 is 0 Å². The Balaban J connectivity index is 1.65. The van der Waals surface area contributed by atoms with Crippen LogP contribution in [0.3, 0.4) is 0 Å². The lowest BCUT2D eigenvalue weighted by Crippen LogP contribution is -1.96. The van der Waals surface area contributed by atoms with Gasteiger partial charge in [-0.1, -0.05) is 91.0 Å². The van der Waals surface area contributed by atoms with E-state index in [2.05, 4.69) is 131 Å². The zero-order valence-corrected chi connectivity index (χ0v) is 18.4. The lowest BCUT2D eigenvalue weighted by atomic mass is 10.0. The molecule has 0 aliphatic rings. The summed E-state index contributed by atoms with van der Waals surface area (Å²) in [5.74, 6) is 0. The number of para-hydroxylation sites is 2. The maximum atomic E-state index is 2.42. The molecule has 0 radical (unpaired) electrons. The molecule has 0 saturated carbocycles. The van der Waals surface area contributed by atoms with Crippen LogP contribution in [0.4, 0.5) is 0 Å². The van der Waals surface area contributed by atoms with E-state index in [0.717, 1.165) is 0 Å². The van der Waals surface area contributed by atoms with Crippen molar-refractivity contribution in [1.82, 2.24) is 9.13 Å². The van der Waals surface area contributed by atoms with Crippen LogP contribution in [0.2, 0.25) is 0 Å². The molecule has 0 amide bonds. The maximum Gasteiger partial charge on any atom is 0.0785 e. The lowest BCUT2D eigenvalue weighted by molar-refractivity contribution is 1.01. The molecule has 2 nitrogen and oxygen atoms in total. The molecule has 33 heavy (non-hydrogen) atoms. The Morgan fingerprint density at radius 2 is 1.06 bits per heavy atom. The predicted octanol–water partition coefficient (Wildman–Crippen LogP) is 8.10. The molecule has 7 rings (SSSR count). The van der Waals surface area contributed by atoms with Gasteiger partial charge in [0.05, 0.1) is 16.6 Å². The summed E-state index contributed by atoms with van der Waals surface area (Å²) in [5.41, 5.74) is 8.70. The van der Waals surface area contributed by atoms with Crippen molar-refractivity contribution in [2.24, 2.45) is 7.05 Å². The van der Waals surface area contributed by atoms with Crippen molar-refractivity contribution in [1.29, 1.82) is 0 Å². The van der Waals surface area contributed by atoms with E-state index in [0.29, 0.717) is 0 Å². The molecule has 2 heteroatoms. The van der Waals surface area contributed by atoms with Crippen molar-refractivity contribution in [2.45, 2.75) is 0 Å². The van der Waals surface area contributed by atoms with Crippen molar-refractivity contribution in [3.63, 3.8) is 0 Å². The highest BCUT2D eigenvalue weighted by Gasteiger charge is 2.19. The zero-order valence-electron chi connectivity index (χ0n) is 18.4. The normalized spacial score (nSPS) is 11.8. The lowest BCUT2D eigenvalue weighted by Gasteiger charge is -2.09. The number of rotatable bonds is 2. The van der Waals surface area contributed by atoms with Crippen molar-refractivity contribution >= 4 is 43.6 Å². The van der Waals surface area contributed by atoms with E-state index in [1.54, 1.807) is 0 Å². The fourth-order valence-electron chi connectivity index (χ4n) is 5.41. The van der Waals surface area contributed by atoms with E-state index in [4.69, 9.17) is 0 Å². The van der Waals surface area contributed by atoms with Crippen LogP contribution in [0.25, 0.3) is 60.4 Å². The molecular formula is C31H22N2. The smallest absolute Gasteiger partial charge is 0.0785 e. The van der Waals surface area contributed by atoms with Gasteiger partial charge in [-0.25, -0.2) is 0 Å². The van der Waals surface area contributed by atoms with E-state index < -0.39 is 0 Å². The fraction of sp³-hybridized carbons (Fsp3) is 0.0323. The number of fused-ring (bicyclic) bond motifs is 7. The largest absolute Gasteiger partial charge is 0.342 e. The highest BCUT2D eigenvalue weighted by atomic mass is 15.0. The molecule has 0 spiro atoms. The third-order valence-corrected chi connectivity index (χ3v) is 6.92. The summed E-state index contributed by atoms with van der Waals surface area (Å²) in [6, 6.07) is 41.5. The number of nitrogens with zero attached hydrogens (tertiary/aromatic N) is 2. The molecule has 156 valence electrons. The first-order chi connectivity index (χ1) is 16.3. The molecule has 0 unspecified atom stereocenters. The van der Waals surface area contributed by atoms with Crippen LogP contribution in [0, 0.1) is 0 Å². The van der Waals surface area contributed by atoms with Crippen molar-refractivity contribution in [3.05, 3.63) is 115 Å². The van der Waals surface area contributed by atoms with Gasteiger partial charge in [-0.2, -0.15) is 0 Å². The van der Waals surface area contributed by atoms with Gasteiger partial charge in [0.25, 0.3) is 0 Å². The Hall–Kier alpha value is -4.30. The van der Waals surface area contributed by atoms with Crippen LogP contribution in [0.1, 0.15) is 0 Å². The second kappa shape index (κ2) is 6.85. The number of hydrogen-bond acceptors (Lipinski definition) is 0. The van der Waals surface area contributed by atoms with Crippen LogP contribution < -0.4 is 0 Å². The SMILES string of the molecule is Cn1c2cc(-c3ccccc3)ccc2c2ccc3c4ccccc4n(-c4ccccc4)c3c21. The minimum absolute atomic E-state index is 1.19. The van der Waals surface area contributed by atoms with Crippen LogP contribution in [0.15, 0.2) is 115 Å². The number of aryl methyl sites for hydroxylation is 1. The van der Waals surface area contributed by atoms with Crippen molar-refractivity contribution in [3.8, 4) is 16.8 Å². The number of aromatic nitrogens is 2. The molecule has 0 fully saturated rings. The molecule has 5 aromatic carbocycles. The van der Waals surface area contributed by atoms with Crippen LogP contribution in [-0.4, -0.2) is 9.13 Å². The number of hydrogen-bond donors (Lipinski definition) is 0.